The van der Waals surface area contributed by atoms with Gasteiger partial charge in [-0.25, -0.2) is 9.78 Å². The van der Waals surface area contributed by atoms with E-state index in [1.807, 2.05) is 12.1 Å². The lowest BCUT2D eigenvalue weighted by Gasteiger charge is -2.16. The molecule has 1 N–H and O–H groups in total. The number of carboxylic acid groups (broad SMARTS) is 1. The second-order valence-electron chi connectivity index (χ2n) is 5.39. The van der Waals surface area contributed by atoms with Crippen molar-refractivity contribution in [3.05, 3.63) is 41.2 Å². The Bertz CT molecular complexity index is 640. The number of aliphatic carboxylic acids is 1. The highest BCUT2D eigenvalue weighted by Gasteiger charge is 2.22. The van der Waals surface area contributed by atoms with Crippen molar-refractivity contribution >= 4 is 23.4 Å². The second-order valence-corrected chi connectivity index (χ2v) is 6.42. The molecule has 0 aliphatic carbocycles. The van der Waals surface area contributed by atoms with Gasteiger partial charge in [-0.15, -0.1) is 11.3 Å². The number of hydrogen-bond acceptors (Lipinski definition) is 4. The van der Waals surface area contributed by atoms with Crippen LogP contribution in [0.5, 0.6) is 0 Å². The highest BCUT2D eigenvalue weighted by Crippen LogP contribution is 2.35. The molecule has 0 aromatic carbocycles. The zero-order chi connectivity index (χ0) is 14.8. The molecule has 0 aliphatic heterocycles. The van der Waals surface area contributed by atoms with E-state index in [1.165, 1.54) is 11.3 Å². The number of rotatable bonds is 3. The molecule has 0 saturated heterocycles. The van der Waals surface area contributed by atoms with Gasteiger partial charge in [-0.05, 0) is 18.2 Å². The van der Waals surface area contributed by atoms with Gasteiger partial charge in [0.15, 0.2) is 0 Å². The van der Waals surface area contributed by atoms with Crippen molar-refractivity contribution in [1.82, 2.24) is 9.97 Å². The van der Waals surface area contributed by atoms with Gasteiger partial charge in [0.25, 0.3) is 0 Å². The van der Waals surface area contributed by atoms with E-state index in [2.05, 4.69) is 30.7 Å². The number of thiazole rings is 1. The summed E-state index contributed by atoms with van der Waals surface area (Å²) in [5.74, 6) is -0.955. The first-order valence-corrected chi connectivity index (χ1v) is 7.02. The molecule has 0 spiro atoms. The third-order valence-electron chi connectivity index (χ3n) is 2.67. The van der Waals surface area contributed by atoms with E-state index in [0.717, 1.165) is 27.2 Å². The second kappa shape index (κ2) is 5.54. The Morgan fingerprint density at radius 1 is 1.30 bits per heavy atom. The van der Waals surface area contributed by atoms with E-state index < -0.39 is 5.97 Å². The summed E-state index contributed by atoms with van der Waals surface area (Å²) in [6.07, 6.45) is 6.21. The molecule has 20 heavy (non-hydrogen) atoms. The first-order chi connectivity index (χ1) is 9.38. The number of hydrogen-bond donors (Lipinski definition) is 1. The summed E-state index contributed by atoms with van der Waals surface area (Å²) in [5.41, 5.74) is 1.76. The van der Waals surface area contributed by atoms with Gasteiger partial charge in [-0.3, -0.25) is 4.98 Å². The topological polar surface area (TPSA) is 63.1 Å². The highest BCUT2D eigenvalue weighted by molar-refractivity contribution is 7.16. The Morgan fingerprint density at radius 2 is 1.95 bits per heavy atom. The number of nitrogens with zero attached hydrogens (tertiary/aromatic N) is 2. The van der Waals surface area contributed by atoms with Crippen molar-refractivity contribution in [3.8, 4) is 10.6 Å². The quantitative estimate of drug-likeness (QED) is 0.876. The van der Waals surface area contributed by atoms with Crippen LogP contribution in [0.25, 0.3) is 16.6 Å². The van der Waals surface area contributed by atoms with Crippen molar-refractivity contribution in [2.75, 3.05) is 0 Å². The molecule has 2 rings (SSSR count). The van der Waals surface area contributed by atoms with Crippen LogP contribution in [0.1, 0.15) is 31.3 Å². The van der Waals surface area contributed by atoms with Crippen molar-refractivity contribution in [3.63, 3.8) is 0 Å². The van der Waals surface area contributed by atoms with Crippen LogP contribution in [0.2, 0.25) is 0 Å². The van der Waals surface area contributed by atoms with E-state index in [0.29, 0.717) is 0 Å². The maximum Gasteiger partial charge on any atom is 0.328 e. The molecule has 2 aromatic rings. The van der Waals surface area contributed by atoms with Crippen LogP contribution in [0, 0.1) is 0 Å². The fourth-order valence-electron chi connectivity index (χ4n) is 1.75. The molecule has 2 heterocycles. The van der Waals surface area contributed by atoms with Crippen molar-refractivity contribution < 1.29 is 9.90 Å². The minimum absolute atomic E-state index is 0.139. The fraction of sp³-hybridized carbons (Fsp3) is 0.267. The number of carbonyl (C=O) groups is 1. The molecule has 0 aliphatic rings. The monoisotopic (exact) mass is 288 g/mol. The third-order valence-corrected chi connectivity index (χ3v) is 3.74. The molecule has 0 bridgehead atoms. The average Bonchev–Trinajstić information content (AvgIpc) is 2.81. The highest BCUT2D eigenvalue weighted by atomic mass is 32.1. The summed E-state index contributed by atoms with van der Waals surface area (Å²) >= 11 is 1.49. The molecule has 0 atom stereocenters. The van der Waals surface area contributed by atoms with E-state index in [4.69, 9.17) is 5.11 Å². The van der Waals surface area contributed by atoms with E-state index >= 15 is 0 Å². The summed E-state index contributed by atoms with van der Waals surface area (Å²) in [6, 6.07) is 3.80. The summed E-state index contributed by atoms with van der Waals surface area (Å²) in [7, 11) is 0. The molecule has 104 valence electrons. The molecule has 0 unspecified atom stereocenters. The standard InChI is InChI=1S/C15H16N2O2S/c1-15(2,3)13-11(4-5-12(18)19)20-14(17-13)10-6-8-16-9-7-10/h4-9H,1-3H3,(H,18,19)/b5-4+. The predicted molar refractivity (Wildman–Crippen MR) is 80.7 cm³/mol. The minimum Gasteiger partial charge on any atom is -0.478 e. The maximum absolute atomic E-state index is 10.7. The zero-order valence-corrected chi connectivity index (χ0v) is 12.4. The third kappa shape index (κ3) is 3.30. The van der Waals surface area contributed by atoms with Gasteiger partial charge in [-0.1, -0.05) is 20.8 Å². The Morgan fingerprint density at radius 3 is 2.50 bits per heavy atom. The lowest BCUT2D eigenvalue weighted by molar-refractivity contribution is -0.131. The predicted octanol–water partition coefficient (Wildman–Crippen LogP) is 3.60. The normalized spacial score (nSPS) is 11.9. The van der Waals surface area contributed by atoms with Crippen LogP contribution in [0.4, 0.5) is 0 Å². The number of pyridine rings is 1. The Kier molecular flexibility index (Phi) is 3.99. The summed E-state index contributed by atoms with van der Waals surface area (Å²) in [6.45, 7) is 6.20. The fourth-order valence-corrected chi connectivity index (χ4v) is 2.93. The van der Waals surface area contributed by atoms with E-state index in [1.54, 1.807) is 18.5 Å². The minimum atomic E-state index is -0.955. The summed E-state index contributed by atoms with van der Waals surface area (Å²) in [5, 5.41) is 9.66. The molecular formula is C15H16N2O2S. The molecule has 2 aromatic heterocycles. The lowest BCUT2D eigenvalue weighted by atomic mass is 9.91. The summed E-state index contributed by atoms with van der Waals surface area (Å²) < 4.78 is 0. The molecule has 5 heteroatoms. The SMILES string of the molecule is CC(C)(C)c1nc(-c2ccncc2)sc1/C=C/C(=O)O. The van der Waals surface area contributed by atoms with Gasteiger partial charge < -0.3 is 5.11 Å². The molecular weight excluding hydrogens is 272 g/mol. The average molecular weight is 288 g/mol. The molecule has 4 nitrogen and oxygen atoms in total. The molecule has 0 fully saturated rings. The smallest absolute Gasteiger partial charge is 0.328 e. The lowest BCUT2D eigenvalue weighted by Crippen LogP contribution is -2.13. The van der Waals surface area contributed by atoms with Crippen LogP contribution in [-0.2, 0) is 10.2 Å². The zero-order valence-electron chi connectivity index (χ0n) is 11.6. The van der Waals surface area contributed by atoms with Gasteiger partial charge in [0.05, 0.1) is 10.6 Å². The van der Waals surface area contributed by atoms with Gasteiger partial charge in [-0.2, -0.15) is 0 Å². The largest absolute Gasteiger partial charge is 0.478 e. The van der Waals surface area contributed by atoms with Gasteiger partial charge in [0.1, 0.15) is 5.01 Å². The molecule has 0 saturated carbocycles. The molecule has 0 amide bonds. The van der Waals surface area contributed by atoms with Gasteiger partial charge in [0, 0.05) is 29.4 Å². The Labute approximate surface area is 121 Å². The molecule has 0 radical (unpaired) electrons. The van der Waals surface area contributed by atoms with Crippen LogP contribution in [-0.4, -0.2) is 21.0 Å². The van der Waals surface area contributed by atoms with Crippen LogP contribution >= 0.6 is 11.3 Å². The Balaban J connectivity index is 2.50. The van der Waals surface area contributed by atoms with Crippen molar-refractivity contribution in [2.24, 2.45) is 0 Å². The van der Waals surface area contributed by atoms with Crippen LogP contribution in [0.15, 0.2) is 30.6 Å². The van der Waals surface area contributed by atoms with Gasteiger partial charge in [0.2, 0.25) is 0 Å². The van der Waals surface area contributed by atoms with Crippen molar-refractivity contribution in [2.45, 2.75) is 26.2 Å². The van der Waals surface area contributed by atoms with E-state index in [9.17, 15) is 4.79 Å². The first-order valence-electron chi connectivity index (χ1n) is 6.20. The summed E-state index contributed by atoms with van der Waals surface area (Å²) in [4.78, 5) is 20.3. The maximum atomic E-state index is 10.7. The first kappa shape index (κ1) is 14.4. The van der Waals surface area contributed by atoms with Crippen LogP contribution < -0.4 is 0 Å². The number of aromatic nitrogens is 2. The Hall–Kier alpha value is -2.01. The number of carboxylic acids is 1. The van der Waals surface area contributed by atoms with Crippen molar-refractivity contribution in [1.29, 1.82) is 0 Å². The van der Waals surface area contributed by atoms with Gasteiger partial charge >= 0.3 is 5.97 Å². The van der Waals surface area contributed by atoms with Crippen LogP contribution in [0.3, 0.4) is 0 Å². The van der Waals surface area contributed by atoms with E-state index in [-0.39, 0.29) is 5.41 Å².